The first kappa shape index (κ1) is 18.8. The minimum Gasteiger partial charge on any atom is -0.468 e. The van der Waals surface area contributed by atoms with Crippen LogP contribution < -0.4 is 5.56 Å². The molecule has 0 amide bonds. The van der Waals surface area contributed by atoms with Crippen LogP contribution in [-0.2, 0) is 16.1 Å². The molecule has 1 aromatic heterocycles. The predicted molar refractivity (Wildman–Crippen MR) is 97.8 cm³/mol. The lowest BCUT2D eigenvalue weighted by atomic mass is 10.1. The van der Waals surface area contributed by atoms with Crippen molar-refractivity contribution in [2.24, 2.45) is 5.92 Å². The molecule has 0 radical (unpaired) electrons. The molecule has 2 aromatic rings. The molecule has 0 aliphatic rings. The van der Waals surface area contributed by atoms with E-state index in [1.807, 2.05) is 0 Å². The summed E-state index contributed by atoms with van der Waals surface area (Å²) in [5, 5.41) is 1.10. The Morgan fingerprint density at radius 3 is 2.71 bits per heavy atom. The van der Waals surface area contributed by atoms with Gasteiger partial charge in [0.25, 0.3) is 5.56 Å². The lowest BCUT2D eigenvalue weighted by molar-refractivity contribution is -0.139. The summed E-state index contributed by atoms with van der Waals surface area (Å²) < 4.78 is 6.40. The van der Waals surface area contributed by atoms with Crippen LogP contribution in [0.1, 0.15) is 27.2 Å². The standard InChI is InChI=1S/C17H21ClN2O3S/c1-10(2)7-8-20-15(21)13-6-5-12(18)9-14(13)19-17(20)24-11(3)16(22)23-4/h5-6,9-11H,7-8H2,1-4H3. The molecule has 24 heavy (non-hydrogen) atoms. The van der Waals surface area contributed by atoms with E-state index >= 15 is 0 Å². The van der Waals surface area contributed by atoms with Crippen molar-refractivity contribution in [1.29, 1.82) is 0 Å². The zero-order chi connectivity index (χ0) is 17.9. The average Bonchev–Trinajstić information content (AvgIpc) is 2.53. The molecule has 1 atom stereocenters. The predicted octanol–water partition coefficient (Wildman–Crippen LogP) is 3.75. The number of methoxy groups -OCH3 is 1. The number of rotatable bonds is 6. The van der Waals surface area contributed by atoms with Crippen molar-refractivity contribution < 1.29 is 9.53 Å². The van der Waals surface area contributed by atoms with Crippen molar-refractivity contribution in [2.45, 2.75) is 44.1 Å². The highest BCUT2D eigenvalue weighted by Gasteiger charge is 2.20. The number of ether oxygens (including phenoxy) is 1. The molecule has 0 aliphatic heterocycles. The number of fused-ring (bicyclic) bond motifs is 1. The SMILES string of the molecule is COC(=O)C(C)Sc1nc2cc(Cl)ccc2c(=O)n1CCC(C)C. The van der Waals surface area contributed by atoms with Crippen LogP contribution in [0.5, 0.6) is 0 Å². The maximum Gasteiger partial charge on any atom is 0.318 e. The summed E-state index contributed by atoms with van der Waals surface area (Å²) in [6, 6.07) is 5.04. The Kier molecular flexibility index (Phi) is 6.29. The van der Waals surface area contributed by atoms with Gasteiger partial charge in [0.2, 0.25) is 0 Å². The summed E-state index contributed by atoms with van der Waals surface area (Å²) in [7, 11) is 1.35. The zero-order valence-electron chi connectivity index (χ0n) is 14.2. The maximum absolute atomic E-state index is 12.8. The van der Waals surface area contributed by atoms with E-state index in [9.17, 15) is 9.59 Å². The van der Waals surface area contributed by atoms with E-state index in [4.69, 9.17) is 16.3 Å². The Morgan fingerprint density at radius 2 is 2.08 bits per heavy atom. The summed E-state index contributed by atoms with van der Waals surface area (Å²) in [4.78, 5) is 29.1. The fourth-order valence-corrected chi connectivity index (χ4v) is 3.35. The van der Waals surface area contributed by atoms with Gasteiger partial charge in [-0.25, -0.2) is 4.98 Å². The van der Waals surface area contributed by atoms with Crippen LogP contribution in [0.15, 0.2) is 28.2 Å². The lowest BCUT2D eigenvalue weighted by Gasteiger charge is -2.16. The van der Waals surface area contributed by atoms with Gasteiger partial charge in [0.1, 0.15) is 5.25 Å². The lowest BCUT2D eigenvalue weighted by Crippen LogP contribution is -2.26. The molecule has 0 spiro atoms. The van der Waals surface area contributed by atoms with Crippen LogP contribution in [0.4, 0.5) is 0 Å². The second-order valence-corrected chi connectivity index (χ2v) is 7.72. The number of thioether (sulfide) groups is 1. The third-order valence-electron chi connectivity index (χ3n) is 3.63. The van der Waals surface area contributed by atoms with Crippen LogP contribution in [0.2, 0.25) is 5.02 Å². The van der Waals surface area contributed by atoms with Crippen molar-refractivity contribution in [3.05, 3.63) is 33.6 Å². The highest BCUT2D eigenvalue weighted by molar-refractivity contribution is 8.00. The van der Waals surface area contributed by atoms with Gasteiger partial charge < -0.3 is 4.74 Å². The summed E-state index contributed by atoms with van der Waals surface area (Å²) >= 11 is 7.24. The Hall–Kier alpha value is -1.53. The number of aromatic nitrogens is 2. The number of carbonyl (C=O) groups excluding carboxylic acids is 1. The molecule has 1 unspecified atom stereocenters. The summed E-state index contributed by atoms with van der Waals surface area (Å²) in [5.41, 5.74) is 0.421. The molecule has 0 N–H and O–H groups in total. The van der Waals surface area contributed by atoms with Crippen molar-refractivity contribution in [3.8, 4) is 0 Å². The van der Waals surface area contributed by atoms with Crippen LogP contribution in [0.25, 0.3) is 10.9 Å². The highest BCUT2D eigenvalue weighted by atomic mass is 35.5. The van der Waals surface area contributed by atoms with Crippen LogP contribution in [0.3, 0.4) is 0 Å². The van der Waals surface area contributed by atoms with Gasteiger partial charge in [-0.15, -0.1) is 0 Å². The van der Waals surface area contributed by atoms with Gasteiger partial charge in [-0.2, -0.15) is 0 Å². The molecule has 1 aromatic carbocycles. The Morgan fingerprint density at radius 1 is 1.38 bits per heavy atom. The first-order valence-corrected chi connectivity index (χ1v) is 9.03. The number of halogens is 1. The Labute approximate surface area is 150 Å². The quantitative estimate of drug-likeness (QED) is 0.441. The fraction of sp³-hybridized carbons (Fsp3) is 0.471. The van der Waals surface area contributed by atoms with Gasteiger partial charge in [-0.05, 0) is 37.5 Å². The number of nitrogens with zero attached hydrogens (tertiary/aromatic N) is 2. The van der Waals surface area contributed by atoms with E-state index in [1.165, 1.54) is 18.9 Å². The van der Waals surface area contributed by atoms with Gasteiger partial charge in [0.05, 0.1) is 18.0 Å². The number of benzene rings is 1. The highest BCUT2D eigenvalue weighted by Crippen LogP contribution is 2.25. The summed E-state index contributed by atoms with van der Waals surface area (Å²) in [5.74, 6) is 0.101. The van der Waals surface area contributed by atoms with Crippen LogP contribution in [-0.4, -0.2) is 27.9 Å². The second-order valence-electron chi connectivity index (χ2n) is 5.98. The van der Waals surface area contributed by atoms with Crippen molar-refractivity contribution in [1.82, 2.24) is 9.55 Å². The molecule has 130 valence electrons. The van der Waals surface area contributed by atoms with Gasteiger partial charge in [0, 0.05) is 11.6 Å². The van der Waals surface area contributed by atoms with Crippen molar-refractivity contribution >= 4 is 40.2 Å². The molecular formula is C17H21ClN2O3S. The molecule has 0 fully saturated rings. The van der Waals surface area contributed by atoms with Crippen LogP contribution in [0, 0.1) is 5.92 Å². The molecule has 7 heteroatoms. The maximum atomic E-state index is 12.8. The molecular weight excluding hydrogens is 348 g/mol. The molecule has 2 rings (SSSR count). The third-order valence-corrected chi connectivity index (χ3v) is 4.93. The van der Waals surface area contributed by atoms with Gasteiger partial charge in [-0.1, -0.05) is 37.2 Å². The van der Waals surface area contributed by atoms with E-state index in [1.54, 1.807) is 29.7 Å². The topological polar surface area (TPSA) is 61.2 Å². The molecule has 0 saturated heterocycles. The van der Waals surface area contributed by atoms with E-state index in [2.05, 4.69) is 18.8 Å². The zero-order valence-corrected chi connectivity index (χ0v) is 15.8. The monoisotopic (exact) mass is 368 g/mol. The largest absolute Gasteiger partial charge is 0.468 e. The first-order chi connectivity index (χ1) is 11.3. The average molecular weight is 369 g/mol. The van der Waals surface area contributed by atoms with Crippen molar-refractivity contribution in [3.63, 3.8) is 0 Å². The van der Waals surface area contributed by atoms with Crippen LogP contribution >= 0.6 is 23.4 Å². The second kappa shape index (κ2) is 8.03. The van der Waals surface area contributed by atoms with E-state index < -0.39 is 5.25 Å². The molecule has 5 nitrogen and oxygen atoms in total. The molecule has 0 bridgehead atoms. The minimum atomic E-state index is -0.455. The van der Waals surface area contributed by atoms with Gasteiger partial charge >= 0.3 is 5.97 Å². The van der Waals surface area contributed by atoms with E-state index in [-0.39, 0.29) is 11.5 Å². The number of esters is 1. The van der Waals surface area contributed by atoms with E-state index in [0.717, 1.165) is 6.42 Å². The first-order valence-electron chi connectivity index (χ1n) is 7.78. The number of hydrogen-bond donors (Lipinski definition) is 0. The minimum absolute atomic E-state index is 0.114. The number of hydrogen-bond acceptors (Lipinski definition) is 5. The van der Waals surface area contributed by atoms with Gasteiger partial charge in [-0.3, -0.25) is 14.2 Å². The third kappa shape index (κ3) is 4.30. The summed E-state index contributed by atoms with van der Waals surface area (Å²) in [6.07, 6.45) is 0.848. The van der Waals surface area contributed by atoms with E-state index in [0.29, 0.717) is 33.5 Å². The number of carbonyl (C=O) groups is 1. The molecule has 0 aliphatic carbocycles. The molecule has 1 heterocycles. The van der Waals surface area contributed by atoms with Gasteiger partial charge in [0.15, 0.2) is 5.16 Å². The van der Waals surface area contributed by atoms with Crippen molar-refractivity contribution in [2.75, 3.05) is 7.11 Å². The normalized spacial score (nSPS) is 12.6. The summed E-state index contributed by atoms with van der Waals surface area (Å²) in [6.45, 7) is 6.49. The fourth-order valence-electron chi connectivity index (χ4n) is 2.22. The smallest absolute Gasteiger partial charge is 0.318 e. The Bertz CT molecular complexity index is 804. The molecule has 0 saturated carbocycles. The Balaban J connectivity index is 2.53.